The van der Waals surface area contributed by atoms with Crippen LogP contribution in [0.2, 0.25) is 0 Å². The molecule has 138 valence electrons. The summed E-state index contributed by atoms with van der Waals surface area (Å²) in [7, 11) is 2.15. The van der Waals surface area contributed by atoms with E-state index in [1.165, 1.54) is 5.69 Å². The number of likely N-dealkylation sites (N-methyl/N-ethyl adjacent to an activating group) is 1. The van der Waals surface area contributed by atoms with Crippen LogP contribution in [0.3, 0.4) is 0 Å². The first-order valence-electron chi connectivity index (χ1n) is 9.12. The van der Waals surface area contributed by atoms with Gasteiger partial charge in [0.25, 0.3) is 0 Å². The monoisotopic (exact) mass is 352 g/mol. The summed E-state index contributed by atoms with van der Waals surface area (Å²) in [6, 6.07) is 17.8. The number of nitrogens with zero attached hydrogens (tertiary/aromatic N) is 2. The fourth-order valence-corrected chi connectivity index (χ4v) is 3.19. The summed E-state index contributed by atoms with van der Waals surface area (Å²) >= 11 is 0. The van der Waals surface area contributed by atoms with E-state index in [9.17, 15) is 4.79 Å². The molecule has 1 fully saturated rings. The number of carbonyl (C=O) groups is 1. The minimum absolute atomic E-state index is 0.203. The molecule has 0 unspecified atom stereocenters. The van der Waals surface area contributed by atoms with Gasteiger partial charge in [0, 0.05) is 37.6 Å². The number of hydrogen-bond donors (Lipinski definition) is 2. The van der Waals surface area contributed by atoms with Crippen LogP contribution >= 0.6 is 0 Å². The third-order valence-electron chi connectivity index (χ3n) is 4.92. The first-order chi connectivity index (χ1) is 12.4. The maximum Gasteiger partial charge on any atom is 0.319 e. The molecule has 5 heteroatoms. The van der Waals surface area contributed by atoms with Crippen molar-refractivity contribution >= 4 is 17.4 Å². The standard InChI is InChI=1S/C21H28N4O/c1-21(2,17-7-5-4-6-8-17)23-20(26)22-18-9-11-19(12-10-18)25-15-13-24(3)14-16-25/h4-12H,13-16H2,1-3H3,(H2,22,23,26). The smallest absolute Gasteiger partial charge is 0.319 e. The predicted molar refractivity (Wildman–Crippen MR) is 108 cm³/mol. The summed E-state index contributed by atoms with van der Waals surface area (Å²) < 4.78 is 0. The zero-order chi connectivity index (χ0) is 18.6. The zero-order valence-electron chi connectivity index (χ0n) is 15.8. The quantitative estimate of drug-likeness (QED) is 0.885. The van der Waals surface area contributed by atoms with Gasteiger partial charge < -0.3 is 20.4 Å². The lowest BCUT2D eigenvalue weighted by Gasteiger charge is -2.34. The van der Waals surface area contributed by atoms with Gasteiger partial charge in [-0.2, -0.15) is 0 Å². The summed E-state index contributed by atoms with van der Waals surface area (Å²) in [4.78, 5) is 17.1. The van der Waals surface area contributed by atoms with Gasteiger partial charge in [-0.25, -0.2) is 4.79 Å². The van der Waals surface area contributed by atoms with Crippen molar-refractivity contribution in [1.82, 2.24) is 10.2 Å². The van der Waals surface area contributed by atoms with Crippen LogP contribution in [0.1, 0.15) is 19.4 Å². The number of carbonyl (C=O) groups excluding carboxylic acids is 1. The van der Waals surface area contributed by atoms with Crippen molar-refractivity contribution < 1.29 is 4.79 Å². The second-order valence-electron chi connectivity index (χ2n) is 7.41. The molecule has 2 amide bonds. The summed E-state index contributed by atoms with van der Waals surface area (Å²) in [5.41, 5.74) is 2.63. The lowest BCUT2D eigenvalue weighted by molar-refractivity contribution is 0.242. The first-order valence-corrected chi connectivity index (χ1v) is 9.12. The molecule has 0 aromatic heterocycles. The van der Waals surface area contributed by atoms with E-state index in [4.69, 9.17) is 0 Å². The van der Waals surface area contributed by atoms with Crippen LogP contribution in [0.25, 0.3) is 0 Å². The molecule has 1 aliphatic rings. The molecule has 0 radical (unpaired) electrons. The molecular weight excluding hydrogens is 324 g/mol. The van der Waals surface area contributed by atoms with Crippen LogP contribution in [0.5, 0.6) is 0 Å². The Bertz CT molecular complexity index is 719. The van der Waals surface area contributed by atoms with Crippen molar-refractivity contribution in [2.45, 2.75) is 19.4 Å². The molecular formula is C21H28N4O. The molecule has 0 saturated carbocycles. The molecule has 2 aromatic rings. The third kappa shape index (κ3) is 4.55. The first kappa shape index (κ1) is 18.3. The molecule has 1 aliphatic heterocycles. The van der Waals surface area contributed by atoms with Gasteiger partial charge in [-0.1, -0.05) is 30.3 Å². The van der Waals surface area contributed by atoms with Gasteiger partial charge in [-0.15, -0.1) is 0 Å². The molecule has 26 heavy (non-hydrogen) atoms. The fourth-order valence-electron chi connectivity index (χ4n) is 3.19. The van der Waals surface area contributed by atoms with Crippen molar-refractivity contribution in [3.63, 3.8) is 0 Å². The summed E-state index contributed by atoms with van der Waals surface area (Å²) in [5.74, 6) is 0. The minimum atomic E-state index is -0.439. The van der Waals surface area contributed by atoms with Gasteiger partial charge in [0.05, 0.1) is 5.54 Å². The Morgan fingerprint density at radius 3 is 2.15 bits per heavy atom. The number of piperazine rings is 1. The third-order valence-corrected chi connectivity index (χ3v) is 4.92. The fraction of sp³-hybridized carbons (Fsp3) is 0.381. The van der Waals surface area contributed by atoms with Gasteiger partial charge in [0.1, 0.15) is 0 Å². The van der Waals surface area contributed by atoms with E-state index in [0.717, 1.165) is 37.4 Å². The largest absolute Gasteiger partial charge is 0.369 e. The molecule has 1 saturated heterocycles. The Morgan fingerprint density at radius 1 is 0.923 bits per heavy atom. The van der Waals surface area contributed by atoms with E-state index >= 15 is 0 Å². The molecule has 0 atom stereocenters. The van der Waals surface area contributed by atoms with E-state index in [0.29, 0.717) is 0 Å². The molecule has 1 heterocycles. The van der Waals surface area contributed by atoms with Crippen molar-refractivity contribution in [2.24, 2.45) is 0 Å². The van der Waals surface area contributed by atoms with Crippen molar-refractivity contribution in [3.05, 3.63) is 60.2 Å². The Hall–Kier alpha value is -2.53. The summed E-state index contributed by atoms with van der Waals surface area (Å²) in [6.07, 6.45) is 0. The van der Waals surface area contributed by atoms with Gasteiger partial charge in [-0.05, 0) is 50.7 Å². The van der Waals surface area contributed by atoms with E-state index in [2.05, 4.69) is 39.6 Å². The average Bonchev–Trinajstić information content (AvgIpc) is 2.63. The topological polar surface area (TPSA) is 47.6 Å². The molecule has 0 spiro atoms. The number of benzene rings is 2. The van der Waals surface area contributed by atoms with Crippen LogP contribution < -0.4 is 15.5 Å². The number of anilines is 2. The minimum Gasteiger partial charge on any atom is -0.369 e. The Morgan fingerprint density at radius 2 is 1.54 bits per heavy atom. The Labute approximate surface area is 156 Å². The highest BCUT2D eigenvalue weighted by Crippen LogP contribution is 2.21. The number of rotatable bonds is 4. The number of nitrogens with one attached hydrogen (secondary N) is 2. The summed E-state index contributed by atoms with van der Waals surface area (Å²) in [5, 5.41) is 5.97. The van der Waals surface area contributed by atoms with Crippen LogP contribution in [0.15, 0.2) is 54.6 Å². The number of hydrogen-bond acceptors (Lipinski definition) is 3. The van der Waals surface area contributed by atoms with Gasteiger partial charge in [0.2, 0.25) is 0 Å². The van der Waals surface area contributed by atoms with Gasteiger partial charge in [-0.3, -0.25) is 0 Å². The van der Waals surface area contributed by atoms with E-state index < -0.39 is 5.54 Å². The highest BCUT2D eigenvalue weighted by atomic mass is 16.2. The highest BCUT2D eigenvalue weighted by Gasteiger charge is 2.22. The summed E-state index contributed by atoms with van der Waals surface area (Å²) in [6.45, 7) is 8.23. The molecule has 0 bridgehead atoms. The molecule has 0 aliphatic carbocycles. The van der Waals surface area contributed by atoms with Crippen molar-refractivity contribution in [2.75, 3.05) is 43.4 Å². The van der Waals surface area contributed by atoms with E-state index in [1.807, 2.05) is 56.3 Å². The van der Waals surface area contributed by atoms with E-state index in [1.54, 1.807) is 0 Å². The lowest BCUT2D eigenvalue weighted by Crippen LogP contribution is -2.44. The molecule has 5 nitrogen and oxygen atoms in total. The SMILES string of the molecule is CN1CCN(c2ccc(NC(=O)NC(C)(C)c3ccccc3)cc2)CC1. The molecule has 3 rings (SSSR count). The normalized spacial score (nSPS) is 15.6. The van der Waals surface area contributed by atoms with Crippen LogP contribution in [-0.4, -0.2) is 44.2 Å². The Kier molecular flexibility index (Phi) is 5.47. The van der Waals surface area contributed by atoms with E-state index in [-0.39, 0.29) is 6.03 Å². The van der Waals surface area contributed by atoms with Crippen molar-refractivity contribution in [1.29, 1.82) is 0 Å². The lowest BCUT2D eigenvalue weighted by atomic mass is 9.95. The highest BCUT2D eigenvalue weighted by molar-refractivity contribution is 5.90. The van der Waals surface area contributed by atoms with Gasteiger partial charge in [0.15, 0.2) is 0 Å². The molecule has 2 N–H and O–H groups in total. The second kappa shape index (κ2) is 7.79. The predicted octanol–water partition coefficient (Wildman–Crippen LogP) is 3.50. The van der Waals surface area contributed by atoms with Crippen LogP contribution in [0, 0.1) is 0 Å². The average molecular weight is 352 g/mol. The van der Waals surface area contributed by atoms with Gasteiger partial charge >= 0.3 is 6.03 Å². The maximum absolute atomic E-state index is 12.4. The molecule has 2 aromatic carbocycles. The number of amides is 2. The van der Waals surface area contributed by atoms with Crippen LogP contribution in [0.4, 0.5) is 16.2 Å². The second-order valence-corrected chi connectivity index (χ2v) is 7.41. The van der Waals surface area contributed by atoms with Crippen molar-refractivity contribution in [3.8, 4) is 0 Å². The maximum atomic E-state index is 12.4. The zero-order valence-corrected chi connectivity index (χ0v) is 15.8. The van der Waals surface area contributed by atoms with Crippen LogP contribution in [-0.2, 0) is 5.54 Å². The Balaban J connectivity index is 1.58. The number of urea groups is 1.